The maximum Gasteiger partial charge on any atom is 0.416 e. The lowest BCUT2D eigenvalue weighted by Gasteiger charge is -2.11. The van der Waals surface area contributed by atoms with Crippen LogP contribution in [0.5, 0.6) is 5.75 Å². The zero-order chi connectivity index (χ0) is 13.8. The Morgan fingerprint density at radius 1 is 1.44 bits per heavy atom. The molecule has 0 fully saturated rings. The van der Waals surface area contributed by atoms with Gasteiger partial charge in [0.15, 0.2) is 0 Å². The summed E-state index contributed by atoms with van der Waals surface area (Å²) in [5.41, 5.74) is -0.550. The molecule has 0 aliphatic carbocycles. The van der Waals surface area contributed by atoms with Crippen molar-refractivity contribution in [2.24, 2.45) is 0 Å². The third-order valence-electron chi connectivity index (χ3n) is 2.05. The minimum atomic E-state index is -4.46. The lowest BCUT2D eigenvalue weighted by Crippen LogP contribution is -2.06. The quantitative estimate of drug-likeness (QED) is 0.845. The molecular formula is C12H11F3O3. The Morgan fingerprint density at radius 2 is 2.11 bits per heavy atom. The zero-order valence-electron chi connectivity index (χ0n) is 9.49. The number of hydrogen-bond donors (Lipinski definition) is 1. The van der Waals surface area contributed by atoms with Crippen LogP contribution in [0.25, 0.3) is 6.08 Å². The van der Waals surface area contributed by atoms with Crippen molar-refractivity contribution in [3.05, 3.63) is 35.4 Å². The summed E-state index contributed by atoms with van der Waals surface area (Å²) in [6, 6.07) is 2.91. The van der Waals surface area contributed by atoms with Crippen molar-refractivity contribution in [1.29, 1.82) is 0 Å². The normalized spacial score (nSPS) is 11.8. The van der Waals surface area contributed by atoms with Gasteiger partial charge < -0.3 is 9.84 Å². The number of carbonyl (C=O) groups is 1. The topological polar surface area (TPSA) is 46.5 Å². The van der Waals surface area contributed by atoms with E-state index in [2.05, 4.69) is 0 Å². The second-order valence-electron chi connectivity index (χ2n) is 3.35. The van der Waals surface area contributed by atoms with Crippen molar-refractivity contribution < 1.29 is 27.8 Å². The molecule has 0 atom stereocenters. The zero-order valence-corrected chi connectivity index (χ0v) is 9.49. The number of halogens is 3. The van der Waals surface area contributed by atoms with Gasteiger partial charge in [-0.05, 0) is 25.1 Å². The number of benzene rings is 1. The van der Waals surface area contributed by atoms with Gasteiger partial charge in [-0.1, -0.05) is 6.07 Å². The molecule has 0 aromatic heterocycles. The Labute approximate surface area is 101 Å². The SMILES string of the molecule is CCOc1cc(C(F)(F)F)ccc1/C=C/C(=O)O. The van der Waals surface area contributed by atoms with Gasteiger partial charge in [-0.2, -0.15) is 13.2 Å². The van der Waals surface area contributed by atoms with E-state index >= 15 is 0 Å². The first-order valence-electron chi connectivity index (χ1n) is 5.09. The van der Waals surface area contributed by atoms with Crippen molar-refractivity contribution in [2.75, 3.05) is 6.61 Å². The van der Waals surface area contributed by atoms with E-state index in [9.17, 15) is 18.0 Å². The molecule has 0 saturated heterocycles. The molecule has 6 heteroatoms. The molecule has 98 valence electrons. The highest BCUT2D eigenvalue weighted by atomic mass is 19.4. The number of ether oxygens (including phenoxy) is 1. The molecule has 0 aliphatic heterocycles. The number of alkyl halides is 3. The van der Waals surface area contributed by atoms with Gasteiger partial charge >= 0.3 is 12.1 Å². The van der Waals surface area contributed by atoms with E-state index < -0.39 is 17.7 Å². The number of hydrogen-bond acceptors (Lipinski definition) is 2. The molecule has 18 heavy (non-hydrogen) atoms. The summed E-state index contributed by atoms with van der Waals surface area (Å²) >= 11 is 0. The number of rotatable bonds is 4. The molecular weight excluding hydrogens is 249 g/mol. The second-order valence-corrected chi connectivity index (χ2v) is 3.35. The number of carboxylic acids is 1. The third-order valence-corrected chi connectivity index (χ3v) is 2.05. The standard InChI is InChI=1S/C12H11F3O3/c1-2-18-10-7-9(12(13,14)15)5-3-8(10)4-6-11(16)17/h3-7H,2H2,1H3,(H,16,17)/b6-4+. The summed E-state index contributed by atoms with van der Waals surface area (Å²) in [4.78, 5) is 10.4. The molecule has 1 N–H and O–H groups in total. The average Bonchev–Trinajstić information content (AvgIpc) is 2.26. The molecule has 0 unspecified atom stereocenters. The van der Waals surface area contributed by atoms with Gasteiger partial charge in [-0.3, -0.25) is 0 Å². The Morgan fingerprint density at radius 3 is 2.61 bits per heavy atom. The van der Waals surface area contributed by atoms with Gasteiger partial charge in [0.2, 0.25) is 0 Å². The lowest BCUT2D eigenvalue weighted by atomic mass is 10.1. The van der Waals surface area contributed by atoms with Crippen LogP contribution in [0.2, 0.25) is 0 Å². The van der Waals surface area contributed by atoms with Crippen LogP contribution in [0.4, 0.5) is 13.2 Å². The summed E-state index contributed by atoms with van der Waals surface area (Å²) in [6.45, 7) is 1.82. The van der Waals surface area contributed by atoms with Gasteiger partial charge in [0.25, 0.3) is 0 Å². The van der Waals surface area contributed by atoms with E-state index in [1.165, 1.54) is 12.1 Å². The molecule has 0 saturated carbocycles. The molecule has 0 spiro atoms. The van der Waals surface area contributed by atoms with Gasteiger partial charge in [-0.15, -0.1) is 0 Å². The fourth-order valence-corrected chi connectivity index (χ4v) is 1.29. The molecule has 1 aromatic carbocycles. The summed E-state index contributed by atoms with van der Waals surface area (Å²) in [6.07, 6.45) is -2.43. The first kappa shape index (κ1) is 14.1. The molecule has 0 radical (unpaired) electrons. The van der Waals surface area contributed by atoms with Crippen molar-refractivity contribution in [2.45, 2.75) is 13.1 Å². The molecule has 1 aromatic rings. The molecule has 0 bridgehead atoms. The van der Waals surface area contributed by atoms with Gasteiger partial charge in [-0.25, -0.2) is 4.79 Å². The fraction of sp³-hybridized carbons (Fsp3) is 0.250. The van der Waals surface area contributed by atoms with Gasteiger partial charge in [0.05, 0.1) is 12.2 Å². The van der Waals surface area contributed by atoms with Crippen LogP contribution in [0.3, 0.4) is 0 Å². The van der Waals surface area contributed by atoms with Crippen LogP contribution in [0.1, 0.15) is 18.1 Å². The summed E-state index contributed by atoms with van der Waals surface area (Å²) in [5.74, 6) is -1.18. The Hall–Kier alpha value is -1.98. The minimum absolute atomic E-state index is 0.00447. The Kier molecular flexibility index (Phi) is 4.36. The molecule has 1 rings (SSSR count). The van der Waals surface area contributed by atoms with Crippen LogP contribution < -0.4 is 4.74 Å². The molecule has 3 nitrogen and oxygen atoms in total. The largest absolute Gasteiger partial charge is 0.493 e. The maximum absolute atomic E-state index is 12.5. The second kappa shape index (κ2) is 5.57. The van der Waals surface area contributed by atoms with Crippen LogP contribution in [0, 0.1) is 0 Å². The van der Waals surface area contributed by atoms with Gasteiger partial charge in [0, 0.05) is 11.6 Å². The van der Waals surface area contributed by atoms with Gasteiger partial charge in [0.1, 0.15) is 5.75 Å². The first-order chi connectivity index (χ1) is 8.34. The predicted octanol–water partition coefficient (Wildman–Crippen LogP) is 3.20. The van der Waals surface area contributed by atoms with E-state index in [-0.39, 0.29) is 17.9 Å². The third kappa shape index (κ3) is 3.80. The Balaban J connectivity index is 3.16. The molecule has 0 heterocycles. The van der Waals surface area contributed by atoms with Crippen molar-refractivity contribution in [3.63, 3.8) is 0 Å². The number of aliphatic carboxylic acids is 1. The summed E-state index contributed by atoms with van der Waals surface area (Å²) < 4.78 is 42.5. The van der Waals surface area contributed by atoms with E-state index in [0.717, 1.165) is 18.2 Å². The minimum Gasteiger partial charge on any atom is -0.493 e. The van der Waals surface area contributed by atoms with Crippen LogP contribution >= 0.6 is 0 Å². The van der Waals surface area contributed by atoms with Crippen molar-refractivity contribution in [3.8, 4) is 5.75 Å². The lowest BCUT2D eigenvalue weighted by molar-refractivity contribution is -0.137. The van der Waals surface area contributed by atoms with Crippen molar-refractivity contribution >= 4 is 12.0 Å². The van der Waals surface area contributed by atoms with E-state index in [4.69, 9.17) is 9.84 Å². The van der Waals surface area contributed by atoms with Crippen molar-refractivity contribution in [1.82, 2.24) is 0 Å². The monoisotopic (exact) mass is 260 g/mol. The molecule has 0 aliphatic rings. The highest BCUT2D eigenvalue weighted by molar-refractivity contribution is 5.85. The highest BCUT2D eigenvalue weighted by Crippen LogP contribution is 2.33. The van der Waals surface area contributed by atoms with E-state index in [0.29, 0.717) is 0 Å². The average molecular weight is 260 g/mol. The van der Waals surface area contributed by atoms with E-state index in [1.807, 2.05) is 0 Å². The first-order valence-corrected chi connectivity index (χ1v) is 5.09. The smallest absolute Gasteiger partial charge is 0.416 e. The summed E-state index contributed by atoms with van der Waals surface area (Å²) in [5, 5.41) is 8.47. The maximum atomic E-state index is 12.5. The van der Waals surface area contributed by atoms with Crippen LogP contribution in [-0.2, 0) is 11.0 Å². The Bertz CT molecular complexity index is 464. The molecule has 0 amide bonds. The van der Waals surface area contributed by atoms with Crippen LogP contribution in [-0.4, -0.2) is 17.7 Å². The predicted molar refractivity (Wildman–Crippen MR) is 59.3 cm³/mol. The van der Waals surface area contributed by atoms with E-state index in [1.54, 1.807) is 6.92 Å². The fourth-order valence-electron chi connectivity index (χ4n) is 1.29. The summed E-state index contributed by atoms with van der Waals surface area (Å²) in [7, 11) is 0. The highest BCUT2D eigenvalue weighted by Gasteiger charge is 2.31. The van der Waals surface area contributed by atoms with Crippen LogP contribution in [0.15, 0.2) is 24.3 Å². The number of carboxylic acid groups (broad SMARTS) is 1.